The standard InChI is InChI=1S/C10H13N3O2/c14-10(15-13-6-1-2-7-13)12-9-4-3-5-11-8-9/h3-5,8H,1-2,6-7H2,(H,12,14). The van der Waals surface area contributed by atoms with Crippen LogP contribution >= 0.6 is 0 Å². The van der Waals surface area contributed by atoms with Crippen molar-refractivity contribution in [3.8, 4) is 0 Å². The van der Waals surface area contributed by atoms with Crippen molar-refractivity contribution < 1.29 is 9.63 Å². The van der Waals surface area contributed by atoms with Gasteiger partial charge in [0.05, 0.1) is 11.9 Å². The lowest BCUT2D eigenvalue weighted by atomic mass is 10.4. The Morgan fingerprint density at radius 3 is 2.93 bits per heavy atom. The fourth-order valence-electron chi connectivity index (χ4n) is 1.47. The van der Waals surface area contributed by atoms with E-state index in [-0.39, 0.29) is 0 Å². The zero-order valence-corrected chi connectivity index (χ0v) is 8.35. The Morgan fingerprint density at radius 2 is 2.27 bits per heavy atom. The van der Waals surface area contributed by atoms with Crippen molar-refractivity contribution >= 4 is 11.8 Å². The van der Waals surface area contributed by atoms with Gasteiger partial charge in [-0.2, -0.15) is 0 Å². The summed E-state index contributed by atoms with van der Waals surface area (Å²) in [6.45, 7) is 1.64. The summed E-state index contributed by atoms with van der Waals surface area (Å²) in [4.78, 5) is 20.3. The maximum atomic E-state index is 11.4. The average Bonchev–Trinajstić information content (AvgIpc) is 2.71. The Labute approximate surface area is 88.0 Å². The summed E-state index contributed by atoms with van der Waals surface area (Å²) in [5.74, 6) is 0. The molecule has 0 aromatic carbocycles. The van der Waals surface area contributed by atoms with Gasteiger partial charge in [0.2, 0.25) is 0 Å². The maximum absolute atomic E-state index is 11.4. The molecule has 2 heterocycles. The van der Waals surface area contributed by atoms with Crippen LogP contribution in [-0.4, -0.2) is 29.2 Å². The van der Waals surface area contributed by atoms with E-state index < -0.39 is 6.09 Å². The molecule has 1 saturated heterocycles. The number of rotatable bonds is 2. The van der Waals surface area contributed by atoms with E-state index in [1.165, 1.54) is 0 Å². The van der Waals surface area contributed by atoms with Crippen molar-refractivity contribution in [3.63, 3.8) is 0 Å². The molecule has 0 saturated carbocycles. The molecule has 1 aliphatic heterocycles. The number of nitrogens with zero attached hydrogens (tertiary/aromatic N) is 2. The number of amides is 1. The van der Waals surface area contributed by atoms with Gasteiger partial charge in [-0.1, -0.05) is 0 Å². The second-order valence-corrected chi connectivity index (χ2v) is 3.38. The van der Waals surface area contributed by atoms with Crippen molar-refractivity contribution in [1.82, 2.24) is 10.0 Å². The molecule has 80 valence electrons. The quantitative estimate of drug-likeness (QED) is 0.801. The topological polar surface area (TPSA) is 54.5 Å². The van der Waals surface area contributed by atoms with Crippen molar-refractivity contribution in [3.05, 3.63) is 24.5 Å². The van der Waals surface area contributed by atoms with E-state index in [1.807, 2.05) is 0 Å². The molecule has 1 aliphatic rings. The highest BCUT2D eigenvalue weighted by Crippen LogP contribution is 2.09. The van der Waals surface area contributed by atoms with Gasteiger partial charge < -0.3 is 4.84 Å². The Bertz CT molecular complexity index is 323. The van der Waals surface area contributed by atoms with E-state index in [0.717, 1.165) is 25.9 Å². The summed E-state index contributed by atoms with van der Waals surface area (Å²) in [7, 11) is 0. The minimum Gasteiger partial charge on any atom is -0.351 e. The highest BCUT2D eigenvalue weighted by atomic mass is 16.7. The molecule has 0 bridgehead atoms. The maximum Gasteiger partial charge on any atom is 0.430 e. The summed E-state index contributed by atoms with van der Waals surface area (Å²) in [6, 6.07) is 3.52. The lowest BCUT2D eigenvalue weighted by molar-refractivity contribution is -0.0738. The van der Waals surface area contributed by atoms with Gasteiger partial charge in [-0.25, -0.2) is 4.79 Å². The molecular formula is C10H13N3O2. The molecule has 2 rings (SSSR count). The van der Waals surface area contributed by atoms with Gasteiger partial charge >= 0.3 is 6.09 Å². The lowest BCUT2D eigenvalue weighted by Gasteiger charge is -2.14. The van der Waals surface area contributed by atoms with Crippen LogP contribution in [-0.2, 0) is 4.84 Å². The first-order valence-corrected chi connectivity index (χ1v) is 4.98. The third-order valence-corrected chi connectivity index (χ3v) is 2.18. The molecule has 5 nitrogen and oxygen atoms in total. The van der Waals surface area contributed by atoms with Crippen LogP contribution in [0.5, 0.6) is 0 Å². The molecule has 1 fully saturated rings. The van der Waals surface area contributed by atoms with Crippen LogP contribution in [0.2, 0.25) is 0 Å². The molecule has 0 unspecified atom stereocenters. The van der Waals surface area contributed by atoms with Crippen LogP contribution in [0.1, 0.15) is 12.8 Å². The third-order valence-electron chi connectivity index (χ3n) is 2.18. The van der Waals surface area contributed by atoms with Crippen molar-refractivity contribution in [2.45, 2.75) is 12.8 Å². The molecule has 0 radical (unpaired) electrons. The zero-order chi connectivity index (χ0) is 10.5. The van der Waals surface area contributed by atoms with Crippen molar-refractivity contribution in [2.24, 2.45) is 0 Å². The second kappa shape index (κ2) is 4.75. The van der Waals surface area contributed by atoms with E-state index in [2.05, 4.69) is 10.3 Å². The largest absolute Gasteiger partial charge is 0.430 e. The number of carbonyl (C=O) groups excluding carboxylic acids is 1. The second-order valence-electron chi connectivity index (χ2n) is 3.38. The van der Waals surface area contributed by atoms with E-state index in [9.17, 15) is 4.79 Å². The normalized spacial score (nSPS) is 16.3. The summed E-state index contributed by atoms with van der Waals surface area (Å²) >= 11 is 0. The first kappa shape index (κ1) is 9.92. The predicted octanol–water partition coefficient (Wildman–Crippen LogP) is 1.64. The molecule has 0 spiro atoms. The molecule has 1 aromatic rings. The SMILES string of the molecule is O=C(Nc1cccnc1)ON1CCCC1. The summed E-state index contributed by atoms with van der Waals surface area (Å²) < 4.78 is 0. The van der Waals surface area contributed by atoms with Crippen LogP contribution in [0.4, 0.5) is 10.5 Å². The highest BCUT2D eigenvalue weighted by Gasteiger charge is 2.16. The van der Waals surface area contributed by atoms with E-state index in [1.54, 1.807) is 29.6 Å². The summed E-state index contributed by atoms with van der Waals surface area (Å²) in [6.07, 6.45) is 4.94. The number of aromatic nitrogens is 1. The Kier molecular flexibility index (Phi) is 3.14. The Morgan fingerprint density at radius 1 is 1.47 bits per heavy atom. The van der Waals surface area contributed by atoms with Gasteiger partial charge in [0.15, 0.2) is 0 Å². The number of hydrogen-bond donors (Lipinski definition) is 1. The highest BCUT2D eigenvalue weighted by molar-refractivity contribution is 5.83. The monoisotopic (exact) mass is 207 g/mol. The third kappa shape index (κ3) is 2.92. The van der Waals surface area contributed by atoms with Crippen LogP contribution in [0.3, 0.4) is 0 Å². The number of carbonyl (C=O) groups is 1. The predicted molar refractivity (Wildman–Crippen MR) is 55.1 cm³/mol. The molecule has 1 N–H and O–H groups in total. The molecule has 5 heteroatoms. The fourth-order valence-corrected chi connectivity index (χ4v) is 1.47. The minimum atomic E-state index is -0.454. The van der Waals surface area contributed by atoms with Crippen LogP contribution in [0, 0.1) is 0 Å². The Balaban J connectivity index is 1.82. The first-order valence-electron chi connectivity index (χ1n) is 4.98. The van der Waals surface area contributed by atoms with Crippen LogP contribution in [0.15, 0.2) is 24.5 Å². The molecule has 0 atom stereocenters. The zero-order valence-electron chi connectivity index (χ0n) is 8.35. The van der Waals surface area contributed by atoms with Crippen LogP contribution < -0.4 is 5.32 Å². The van der Waals surface area contributed by atoms with Crippen LogP contribution in [0.25, 0.3) is 0 Å². The molecular weight excluding hydrogens is 194 g/mol. The minimum absolute atomic E-state index is 0.454. The summed E-state index contributed by atoms with van der Waals surface area (Å²) in [5.41, 5.74) is 0.640. The van der Waals surface area contributed by atoms with Gasteiger partial charge in [-0.15, -0.1) is 5.06 Å². The number of hydroxylamine groups is 2. The van der Waals surface area contributed by atoms with Crippen molar-refractivity contribution in [2.75, 3.05) is 18.4 Å². The molecule has 1 aromatic heterocycles. The molecule has 15 heavy (non-hydrogen) atoms. The van der Waals surface area contributed by atoms with Crippen molar-refractivity contribution in [1.29, 1.82) is 0 Å². The van der Waals surface area contributed by atoms with Gasteiger partial charge in [0.25, 0.3) is 0 Å². The molecule has 1 amide bonds. The van der Waals surface area contributed by atoms with Gasteiger partial charge in [-0.3, -0.25) is 10.3 Å². The van der Waals surface area contributed by atoms with E-state index in [4.69, 9.17) is 4.84 Å². The van der Waals surface area contributed by atoms with E-state index in [0.29, 0.717) is 5.69 Å². The number of pyridine rings is 1. The van der Waals surface area contributed by atoms with Gasteiger partial charge in [0.1, 0.15) is 0 Å². The number of nitrogens with one attached hydrogen (secondary N) is 1. The fraction of sp³-hybridized carbons (Fsp3) is 0.400. The number of hydrogen-bond acceptors (Lipinski definition) is 4. The first-order chi connectivity index (χ1) is 7.34. The number of anilines is 1. The van der Waals surface area contributed by atoms with E-state index >= 15 is 0 Å². The summed E-state index contributed by atoms with van der Waals surface area (Å²) in [5, 5.41) is 4.28. The van der Waals surface area contributed by atoms with Gasteiger partial charge in [-0.05, 0) is 25.0 Å². The average molecular weight is 207 g/mol. The lowest BCUT2D eigenvalue weighted by Crippen LogP contribution is -2.27. The van der Waals surface area contributed by atoms with Gasteiger partial charge in [0, 0.05) is 19.3 Å². The Hall–Kier alpha value is -1.62. The smallest absolute Gasteiger partial charge is 0.351 e. The molecule has 0 aliphatic carbocycles.